The summed E-state index contributed by atoms with van der Waals surface area (Å²) in [5.74, 6) is 1.29. The molecule has 0 fully saturated rings. The summed E-state index contributed by atoms with van der Waals surface area (Å²) in [6, 6.07) is 13.8. The number of benzene rings is 1. The zero-order valence-corrected chi connectivity index (χ0v) is 11.3. The average Bonchev–Trinajstić information content (AvgIpc) is 2.98. The van der Waals surface area contributed by atoms with Gasteiger partial charge in [-0.3, -0.25) is 0 Å². The maximum absolute atomic E-state index is 12.9. The maximum Gasteiger partial charge on any atom is 0.134 e. The van der Waals surface area contributed by atoms with Gasteiger partial charge in [0.2, 0.25) is 0 Å². The van der Waals surface area contributed by atoms with E-state index in [0.717, 1.165) is 22.8 Å². The molecule has 0 spiro atoms. The smallest absolute Gasteiger partial charge is 0.134 e. The average molecular weight is 283 g/mol. The van der Waals surface area contributed by atoms with Gasteiger partial charge in [0.15, 0.2) is 0 Å². The molecule has 0 bridgehead atoms. The van der Waals surface area contributed by atoms with E-state index >= 15 is 0 Å². The SMILES string of the molecule is Fc1ccc(-c2ccc(CNCc3cccnn3)o2)cc1. The molecule has 0 radical (unpaired) electrons. The van der Waals surface area contributed by atoms with Crippen LogP contribution in [0.3, 0.4) is 0 Å². The molecule has 0 aliphatic rings. The molecule has 0 saturated heterocycles. The van der Waals surface area contributed by atoms with Crippen LogP contribution in [0.2, 0.25) is 0 Å². The second-order valence-corrected chi connectivity index (χ2v) is 4.59. The molecule has 21 heavy (non-hydrogen) atoms. The Morgan fingerprint density at radius 2 is 1.86 bits per heavy atom. The summed E-state index contributed by atoms with van der Waals surface area (Å²) in [7, 11) is 0. The van der Waals surface area contributed by atoms with Crippen molar-refractivity contribution in [2.75, 3.05) is 0 Å². The van der Waals surface area contributed by atoms with Crippen LogP contribution >= 0.6 is 0 Å². The standard InChI is InChI=1S/C16H14FN3O/c17-13-5-3-12(4-6-13)16-8-7-15(21-16)11-18-10-14-2-1-9-19-20-14/h1-9,18H,10-11H2. The first-order valence-electron chi connectivity index (χ1n) is 6.63. The number of halogens is 1. The van der Waals surface area contributed by atoms with E-state index in [9.17, 15) is 4.39 Å². The molecule has 4 nitrogen and oxygen atoms in total. The number of nitrogens with zero attached hydrogens (tertiary/aromatic N) is 2. The molecule has 0 unspecified atom stereocenters. The molecule has 0 amide bonds. The summed E-state index contributed by atoms with van der Waals surface area (Å²) < 4.78 is 18.6. The van der Waals surface area contributed by atoms with Crippen LogP contribution < -0.4 is 5.32 Å². The quantitative estimate of drug-likeness (QED) is 0.781. The second kappa shape index (κ2) is 6.28. The first-order valence-corrected chi connectivity index (χ1v) is 6.63. The van der Waals surface area contributed by atoms with Crippen molar-refractivity contribution in [3.8, 4) is 11.3 Å². The first kappa shape index (κ1) is 13.5. The number of aromatic nitrogens is 2. The third kappa shape index (κ3) is 3.52. The molecule has 3 aromatic rings. The Kier molecular flexibility index (Phi) is 4.02. The van der Waals surface area contributed by atoms with Crippen LogP contribution in [0.5, 0.6) is 0 Å². The summed E-state index contributed by atoms with van der Waals surface area (Å²) >= 11 is 0. The molecule has 0 aliphatic carbocycles. The number of furan rings is 1. The lowest BCUT2D eigenvalue weighted by molar-refractivity contribution is 0.491. The number of rotatable bonds is 5. The highest BCUT2D eigenvalue weighted by molar-refractivity contribution is 5.57. The molecule has 3 rings (SSSR count). The monoisotopic (exact) mass is 283 g/mol. The van der Waals surface area contributed by atoms with E-state index in [1.165, 1.54) is 12.1 Å². The molecule has 2 aromatic heterocycles. The summed E-state index contributed by atoms with van der Waals surface area (Å²) in [6.45, 7) is 1.22. The molecule has 0 aliphatic heterocycles. The van der Waals surface area contributed by atoms with Gasteiger partial charge in [-0.25, -0.2) is 4.39 Å². The second-order valence-electron chi connectivity index (χ2n) is 4.59. The van der Waals surface area contributed by atoms with Crippen molar-refractivity contribution in [1.29, 1.82) is 0 Å². The van der Waals surface area contributed by atoms with Crippen molar-refractivity contribution in [3.63, 3.8) is 0 Å². The minimum absolute atomic E-state index is 0.254. The Balaban J connectivity index is 1.59. The Morgan fingerprint density at radius 1 is 1.00 bits per heavy atom. The minimum atomic E-state index is -0.254. The molecule has 1 aromatic carbocycles. The van der Waals surface area contributed by atoms with E-state index in [0.29, 0.717) is 13.1 Å². The molecular formula is C16H14FN3O. The van der Waals surface area contributed by atoms with Gasteiger partial charge >= 0.3 is 0 Å². The van der Waals surface area contributed by atoms with E-state index in [1.54, 1.807) is 18.3 Å². The Hall–Kier alpha value is -2.53. The van der Waals surface area contributed by atoms with Crippen molar-refractivity contribution in [1.82, 2.24) is 15.5 Å². The molecular weight excluding hydrogens is 269 g/mol. The van der Waals surface area contributed by atoms with Gasteiger partial charge in [-0.1, -0.05) is 0 Å². The summed E-state index contributed by atoms with van der Waals surface area (Å²) in [6.07, 6.45) is 1.64. The normalized spacial score (nSPS) is 10.7. The largest absolute Gasteiger partial charge is 0.460 e. The van der Waals surface area contributed by atoms with Crippen LogP contribution in [-0.2, 0) is 13.1 Å². The maximum atomic E-state index is 12.9. The highest BCUT2D eigenvalue weighted by Crippen LogP contribution is 2.22. The zero-order chi connectivity index (χ0) is 14.5. The van der Waals surface area contributed by atoms with Crippen LogP contribution in [0.15, 0.2) is 59.1 Å². The Labute approximate surface area is 121 Å². The third-order valence-electron chi connectivity index (χ3n) is 3.02. The van der Waals surface area contributed by atoms with E-state index < -0.39 is 0 Å². The predicted molar refractivity (Wildman–Crippen MR) is 76.7 cm³/mol. The van der Waals surface area contributed by atoms with Gasteiger partial charge in [0.05, 0.1) is 12.2 Å². The van der Waals surface area contributed by atoms with Crippen LogP contribution in [0, 0.1) is 5.82 Å². The highest BCUT2D eigenvalue weighted by Gasteiger charge is 2.05. The molecule has 5 heteroatoms. The Bertz CT molecular complexity index is 695. The highest BCUT2D eigenvalue weighted by atomic mass is 19.1. The van der Waals surface area contributed by atoms with Crippen molar-refractivity contribution >= 4 is 0 Å². The van der Waals surface area contributed by atoms with Crippen molar-refractivity contribution in [3.05, 3.63) is 72.0 Å². The molecule has 1 N–H and O–H groups in total. The lowest BCUT2D eigenvalue weighted by Gasteiger charge is -2.01. The van der Waals surface area contributed by atoms with Gasteiger partial charge in [0.25, 0.3) is 0 Å². The van der Waals surface area contributed by atoms with Crippen molar-refractivity contribution in [2.45, 2.75) is 13.1 Å². The fourth-order valence-electron chi connectivity index (χ4n) is 1.98. The minimum Gasteiger partial charge on any atom is -0.460 e. The van der Waals surface area contributed by atoms with Gasteiger partial charge in [0, 0.05) is 18.3 Å². The molecule has 0 atom stereocenters. The summed E-state index contributed by atoms with van der Waals surface area (Å²) in [5, 5.41) is 11.0. The van der Waals surface area contributed by atoms with Gasteiger partial charge < -0.3 is 9.73 Å². The number of hydrogen-bond acceptors (Lipinski definition) is 4. The van der Waals surface area contributed by atoms with E-state index in [4.69, 9.17) is 4.42 Å². The van der Waals surface area contributed by atoms with Crippen LogP contribution in [0.1, 0.15) is 11.5 Å². The van der Waals surface area contributed by atoms with Crippen LogP contribution in [0.4, 0.5) is 4.39 Å². The predicted octanol–water partition coefficient (Wildman–Crippen LogP) is 3.17. The van der Waals surface area contributed by atoms with E-state index in [-0.39, 0.29) is 5.82 Å². The lowest BCUT2D eigenvalue weighted by Crippen LogP contribution is -2.13. The van der Waals surface area contributed by atoms with Gasteiger partial charge in [-0.2, -0.15) is 10.2 Å². The van der Waals surface area contributed by atoms with Crippen molar-refractivity contribution < 1.29 is 8.81 Å². The Morgan fingerprint density at radius 3 is 2.62 bits per heavy atom. The third-order valence-corrected chi connectivity index (χ3v) is 3.02. The fourth-order valence-corrected chi connectivity index (χ4v) is 1.98. The van der Waals surface area contributed by atoms with Crippen molar-refractivity contribution in [2.24, 2.45) is 0 Å². The molecule has 2 heterocycles. The summed E-state index contributed by atoms with van der Waals surface area (Å²) in [4.78, 5) is 0. The van der Waals surface area contributed by atoms with Crippen LogP contribution in [-0.4, -0.2) is 10.2 Å². The van der Waals surface area contributed by atoms with Gasteiger partial charge in [-0.15, -0.1) is 0 Å². The lowest BCUT2D eigenvalue weighted by atomic mass is 10.2. The number of nitrogens with one attached hydrogen (secondary N) is 1. The van der Waals surface area contributed by atoms with Crippen LogP contribution in [0.25, 0.3) is 11.3 Å². The zero-order valence-electron chi connectivity index (χ0n) is 11.3. The van der Waals surface area contributed by atoms with Gasteiger partial charge in [-0.05, 0) is 48.5 Å². The topological polar surface area (TPSA) is 51.0 Å². The molecule has 0 saturated carbocycles. The summed E-state index contributed by atoms with van der Waals surface area (Å²) in [5.41, 5.74) is 1.74. The fraction of sp³-hybridized carbons (Fsp3) is 0.125. The molecule has 106 valence electrons. The first-order chi connectivity index (χ1) is 10.3. The van der Waals surface area contributed by atoms with E-state index in [2.05, 4.69) is 15.5 Å². The van der Waals surface area contributed by atoms with Gasteiger partial charge in [0.1, 0.15) is 17.3 Å². The van der Waals surface area contributed by atoms with E-state index in [1.807, 2.05) is 24.3 Å². The number of hydrogen-bond donors (Lipinski definition) is 1.